The number of fused-ring (bicyclic) bond motifs is 4. The van der Waals surface area contributed by atoms with Gasteiger partial charge in [0.25, 0.3) is 0 Å². The molecule has 3 heterocycles. The minimum Gasteiger partial charge on any atom is -0.509 e. The molecule has 6 aliphatic carbocycles. The third-order valence-electron chi connectivity index (χ3n) is 14.7. The second-order valence-electron chi connectivity index (χ2n) is 19.2. The molecule has 0 fully saturated rings. The quantitative estimate of drug-likeness (QED) is 0.161. The topological polar surface area (TPSA) is 33.5 Å². The van der Waals surface area contributed by atoms with Gasteiger partial charge in [-0.25, -0.2) is 4.98 Å². The first-order chi connectivity index (χ1) is 34.5. The van der Waals surface area contributed by atoms with Crippen molar-refractivity contribution in [3.63, 3.8) is 0 Å². The van der Waals surface area contributed by atoms with Gasteiger partial charge in [-0.2, -0.15) is 12.1 Å². The van der Waals surface area contributed by atoms with Crippen LogP contribution < -0.4 is 14.5 Å². The van der Waals surface area contributed by atoms with Gasteiger partial charge in [0.1, 0.15) is 5.82 Å². The summed E-state index contributed by atoms with van der Waals surface area (Å²) in [5, 5.41) is 1.03. The summed E-state index contributed by atoms with van der Waals surface area (Å²) in [4.78, 5) is 9.31. The summed E-state index contributed by atoms with van der Waals surface area (Å²) < 4.78 is 43.7. The first-order valence-corrected chi connectivity index (χ1v) is 23.1. The average molecular weight is 1060 g/mol. The molecular weight excluding hydrogens is 1010 g/mol. The van der Waals surface area contributed by atoms with E-state index in [1.54, 1.807) is 16.8 Å². The molecule has 2 unspecified atom stereocenters. The van der Waals surface area contributed by atoms with Crippen LogP contribution in [-0.2, 0) is 26.5 Å². The second-order valence-corrected chi connectivity index (χ2v) is 19.2. The van der Waals surface area contributed by atoms with Gasteiger partial charge in [0.15, 0.2) is 0 Å². The number of aromatic nitrogens is 2. The number of hydrogen-bond donors (Lipinski definition) is 0. The zero-order valence-corrected chi connectivity index (χ0v) is 39.8. The van der Waals surface area contributed by atoms with E-state index < -0.39 is 0 Å². The molecule has 4 bridgehead atoms. The molecule has 1 aliphatic heterocycles. The minimum atomic E-state index is -0.306. The van der Waals surface area contributed by atoms with Crippen molar-refractivity contribution in [2.24, 2.45) is 0 Å². The maximum absolute atomic E-state index is 9.07. The number of anilines is 4. The Balaban J connectivity index is 0.00000504. The van der Waals surface area contributed by atoms with Gasteiger partial charge in [0.05, 0.1) is 5.48 Å². The number of benzene rings is 8. The van der Waals surface area contributed by atoms with Gasteiger partial charge in [0, 0.05) is 85.0 Å². The van der Waals surface area contributed by atoms with Crippen molar-refractivity contribution in [3.8, 4) is 17.3 Å². The number of pyridine rings is 1. The van der Waals surface area contributed by atoms with Crippen LogP contribution in [0.1, 0.15) is 100.0 Å². The van der Waals surface area contributed by atoms with Crippen LogP contribution in [0.15, 0.2) is 188 Å². The van der Waals surface area contributed by atoms with E-state index in [-0.39, 0.29) is 74.3 Å². The van der Waals surface area contributed by atoms with Gasteiger partial charge in [-0.1, -0.05) is 141 Å². The van der Waals surface area contributed by atoms with Crippen LogP contribution >= 0.6 is 0 Å². The van der Waals surface area contributed by atoms with Gasteiger partial charge in [-0.3, -0.25) is 0 Å². The summed E-state index contributed by atoms with van der Waals surface area (Å²) in [7, 11) is 0. The third kappa shape index (κ3) is 6.01. The standard InChI is InChI=1S/C62H45N4O.Pt/c1-62(2,3)38-32-33-63-56(34-38)66-51-26-11-10-18-42(51)43-31-30-41(36-55(43)66)67-40-17-14-16-39(35-40)64-37-65(53-28-13-12-27-52(53)64)54-29-15-25-50-59-48-23-8-9-24-49(48)61(60(50)54)58-46-21-6-4-19-44(46)57(59)45-20-5-7-22-47(45)58;/h4-34,37,57-59,61H,1-3H3;/q-3;/i10D,11D,18D,26D;. The fraction of sp³-hybridized carbons (Fsp3) is 0.129. The van der Waals surface area contributed by atoms with Crippen molar-refractivity contribution in [2.45, 2.75) is 49.9 Å². The molecule has 332 valence electrons. The molecule has 5 nitrogen and oxygen atoms in total. The van der Waals surface area contributed by atoms with E-state index in [0.717, 1.165) is 22.6 Å². The van der Waals surface area contributed by atoms with E-state index in [4.69, 9.17) is 15.2 Å². The molecule has 68 heavy (non-hydrogen) atoms. The number of rotatable bonds is 5. The van der Waals surface area contributed by atoms with Crippen molar-refractivity contribution in [1.29, 1.82) is 0 Å². The van der Waals surface area contributed by atoms with Crippen LogP contribution in [0.3, 0.4) is 0 Å². The van der Waals surface area contributed by atoms with E-state index in [0.29, 0.717) is 39.1 Å². The van der Waals surface area contributed by atoms with Gasteiger partial charge in [-0.15, -0.1) is 48.1 Å². The monoisotopic (exact) mass is 1060 g/mol. The molecule has 2 atom stereocenters. The molecule has 7 aliphatic rings. The molecule has 2 aromatic heterocycles. The van der Waals surface area contributed by atoms with Crippen LogP contribution in [0.4, 0.5) is 22.7 Å². The van der Waals surface area contributed by atoms with Crippen LogP contribution in [0.25, 0.3) is 27.6 Å². The molecule has 17 rings (SSSR count). The van der Waals surface area contributed by atoms with Crippen molar-refractivity contribution < 1.29 is 31.3 Å². The molecule has 6 heteroatoms. The Kier molecular flexibility index (Phi) is 8.36. The van der Waals surface area contributed by atoms with Crippen molar-refractivity contribution in [2.75, 3.05) is 9.80 Å². The average Bonchev–Trinajstić information content (AvgIpc) is 3.94. The van der Waals surface area contributed by atoms with Gasteiger partial charge >= 0.3 is 0 Å². The predicted molar refractivity (Wildman–Crippen MR) is 270 cm³/mol. The zero-order chi connectivity index (χ0) is 48.0. The number of para-hydroxylation sites is 3. The van der Waals surface area contributed by atoms with Crippen LogP contribution in [0.2, 0.25) is 0 Å². The predicted octanol–water partition coefficient (Wildman–Crippen LogP) is 15.1. The van der Waals surface area contributed by atoms with E-state index in [9.17, 15) is 0 Å². The third-order valence-corrected chi connectivity index (χ3v) is 14.7. The molecule has 8 aromatic carbocycles. The second kappa shape index (κ2) is 15.4. The first kappa shape index (κ1) is 36.9. The Morgan fingerprint density at radius 3 is 1.81 bits per heavy atom. The normalized spacial score (nSPS) is 19.1. The summed E-state index contributed by atoms with van der Waals surface area (Å²) in [5.74, 6) is 1.93. The van der Waals surface area contributed by atoms with E-state index in [2.05, 4.69) is 165 Å². The fourth-order valence-corrected chi connectivity index (χ4v) is 11.9. The Labute approximate surface area is 417 Å². The summed E-state index contributed by atoms with van der Waals surface area (Å²) in [6, 6.07) is 62.7. The zero-order valence-electron chi connectivity index (χ0n) is 41.5. The fourth-order valence-electron chi connectivity index (χ4n) is 11.9. The van der Waals surface area contributed by atoms with Gasteiger partial charge < -0.3 is 19.1 Å². The summed E-state index contributed by atoms with van der Waals surface area (Å²) in [5.41, 5.74) is 17.1. The molecule has 0 N–H and O–H groups in total. The largest absolute Gasteiger partial charge is 0.509 e. The summed E-state index contributed by atoms with van der Waals surface area (Å²) in [6.07, 6.45) is 1.74. The Bertz CT molecular complexity index is 3850. The van der Waals surface area contributed by atoms with Crippen molar-refractivity contribution in [3.05, 3.63) is 257 Å². The summed E-state index contributed by atoms with van der Waals surface area (Å²) >= 11 is 0. The molecule has 0 spiro atoms. The van der Waals surface area contributed by atoms with Crippen LogP contribution in [-0.4, -0.2) is 9.55 Å². The molecule has 10 aromatic rings. The molecule has 0 radical (unpaired) electrons. The Hall–Kier alpha value is -7.20. The molecule has 0 saturated heterocycles. The van der Waals surface area contributed by atoms with Crippen LogP contribution in [0.5, 0.6) is 11.5 Å². The molecule has 0 saturated carbocycles. The van der Waals surface area contributed by atoms with Crippen molar-refractivity contribution in [1.82, 2.24) is 9.55 Å². The maximum atomic E-state index is 9.07. The maximum Gasteiger partial charge on any atom is 0.135 e. The molecular formula is C62H45N4OPt-3. The first-order valence-electron chi connectivity index (χ1n) is 25.1. The van der Waals surface area contributed by atoms with E-state index in [1.807, 2.05) is 36.4 Å². The molecule has 0 amide bonds. The number of ether oxygens (including phenoxy) is 1. The Morgan fingerprint density at radius 1 is 0.559 bits per heavy atom. The SMILES string of the molecule is [2H]c1c([2H])c([2H])c2c(c1[2H])c1ccc(Oc3[c-]c(N4[CH-]N(c5cccc6c5C5c7ccccc7C6C6c7ccccc7C5c5ccccc56)c5ccccc54)ccc3)[c-]c1n2-c1cc(C(C)(C)C)ccn1.[Pt]. The van der Waals surface area contributed by atoms with Gasteiger partial charge in [-0.05, 0) is 97.2 Å². The summed E-state index contributed by atoms with van der Waals surface area (Å²) in [6.45, 7) is 8.58. The van der Waals surface area contributed by atoms with E-state index in [1.165, 1.54) is 50.2 Å². The number of nitrogens with zero attached hydrogens (tertiary/aromatic N) is 4. The minimum absolute atomic E-state index is 0. The van der Waals surface area contributed by atoms with E-state index >= 15 is 0 Å². The smallest absolute Gasteiger partial charge is 0.135 e. The number of hydrogen-bond acceptors (Lipinski definition) is 4. The Morgan fingerprint density at radius 2 is 1.12 bits per heavy atom. The van der Waals surface area contributed by atoms with Crippen molar-refractivity contribution >= 4 is 44.6 Å². The van der Waals surface area contributed by atoms with Crippen LogP contribution in [0, 0.1) is 18.8 Å². The van der Waals surface area contributed by atoms with Gasteiger partial charge in [0.2, 0.25) is 0 Å².